The maximum atomic E-state index is 6.13. The summed E-state index contributed by atoms with van der Waals surface area (Å²) in [4.78, 5) is 7.16. The second kappa shape index (κ2) is 7.55. The van der Waals surface area contributed by atoms with Gasteiger partial charge in [0, 0.05) is 40.6 Å². The molecular formula is C23H29ClN2O. The number of halogens is 1. The molecule has 1 atom stereocenters. The zero-order chi connectivity index (χ0) is 19.8. The highest BCUT2D eigenvalue weighted by Crippen LogP contribution is 2.45. The van der Waals surface area contributed by atoms with Crippen molar-refractivity contribution in [2.75, 3.05) is 18.6 Å². The zero-order valence-electron chi connectivity index (χ0n) is 17.1. The van der Waals surface area contributed by atoms with E-state index in [4.69, 9.17) is 16.3 Å². The highest BCUT2D eigenvalue weighted by molar-refractivity contribution is 6.30. The number of anilines is 1. The lowest BCUT2D eigenvalue weighted by atomic mass is 9.79. The van der Waals surface area contributed by atoms with Crippen molar-refractivity contribution in [1.29, 1.82) is 0 Å². The van der Waals surface area contributed by atoms with Crippen LogP contribution in [0.5, 0.6) is 5.75 Å². The van der Waals surface area contributed by atoms with E-state index in [9.17, 15) is 0 Å². The molecular weight excluding hydrogens is 356 g/mol. The summed E-state index contributed by atoms with van der Waals surface area (Å²) in [5.41, 5.74) is 5.75. The van der Waals surface area contributed by atoms with Gasteiger partial charge in [0.25, 0.3) is 0 Å². The van der Waals surface area contributed by atoms with Crippen molar-refractivity contribution in [3.8, 4) is 5.75 Å². The number of ether oxygens (including phenoxy) is 1. The first-order valence-electron chi connectivity index (χ1n) is 9.56. The average molecular weight is 385 g/mol. The standard InChI is InChI=1S/C23H29ClN2O/c1-7-26-21-12-22(27-6)17(10-19(21)16(3)13-23(26,4)5)14-25-20-11-18(24)9-8-15(20)2/h8-12,14,16H,7,13H2,1-6H3. The SMILES string of the molecule is CCN1c2cc(OC)c(C=Nc3cc(Cl)ccc3C)cc2C(C)CC1(C)C. The molecule has 3 nitrogen and oxygen atoms in total. The summed E-state index contributed by atoms with van der Waals surface area (Å²) >= 11 is 6.13. The van der Waals surface area contributed by atoms with Gasteiger partial charge in [-0.25, -0.2) is 0 Å². The molecule has 0 aromatic heterocycles. The number of nitrogens with zero attached hydrogens (tertiary/aromatic N) is 2. The van der Waals surface area contributed by atoms with Crippen LogP contribution in [0.25, 0.3) is 0 Å². The van der Waals surface area contributed by atoms with Gasteiger partial charge in [0.2, 0.25) is 0 Å². The van der Waals surface area contributed by atoms with E-state index in [0.717, 1.165) is 35.5 Å². The smallest absolute Gasteiger partial charge is 0.129 e. The summed E-state index contributed by atoms with van der Waals surface area (Å²) in [6.45, 7) is 12.2. The first kappa shape index (κ1) is 19.8. The fourth-order valence-corrected chi connectivity index (χ4v) is 4.43. The molecule has 0 radical (unpaired) electrons. The summed E-state index contributed by atoms with van der Waals surface area (Å²) in [6, 6.07) is 10.2. The molecule has 2 aromatic rings. The van der Waals surface area contributed by atoms with E-state index in [1.54, 1.807) is 7.11 Å². The first-order chi connectivity index (χ1) is 12.8. The van der Waals surface area contributed by atoms with Crippen LogP contribution in [-0.4, -0.2) is 25.4 Å². The maximum Gasteiger partial charge on any atom is 0.129 e. The third-order valence-corrected chi connectivity index (χ3v) is 5.80. The van der Waals surface area contributed by atoms with Gasteiger partial charge < -0.3 is 9.64 Å². The average Bonchev–Trinajstić information content (AvgIpc) is 2.61. The van der Waals surface area contributed by atoms with E-state index < -0.39 is 0 Å². The van der Waals surface area contributed by atoms with Crippen molar-refractivity contribution in [3.63, 3.8) is 0 Å². The van der Waals surface area contributed by atoms with Crippen LogP contribution in [0.4, 0.5) is 11.4 Å². The normalized spacial score (nSPS) is 18.6. The van der Waals surface area contributed by atoms with E-state index in [-0.39, 0.29) is 5.54 Å². The molecule has 0 bridgehead atoms. The molecule has 0 spiro atoms. The van der Waals surface area contributed by atoms with Crippen LogP contribution < -0.4 is 9.64 Å². The molecule has 4 heteroatoms. The summed E-state index contributed by atoms with van der Waals surface area (Å²) in [5, 5.41) is 0.694. The number of fused-ring (bicyclic) bond motifs is 1. The minimum atomic E-state index is 0.139. The van der Waals surface area contributed by atoms with Gasteiger partial charge in [0.15, 0.2) is 0 Å². The van der Waals surface area contributed by atoms with Crippen molar-refractivity contribution in [1.82, 2.24) is 0 Å². The maximum absolute atomic E-state index is 6.13. The van der Waals surface area contributed by atoms with Crippen LogP contribution in [0, 0.1) is 6.92 Å². The molecule has 1 aliphatic heterocycles. The van der Waals surface area contributed by atoms with Gasteiger partial charge in [0.1, 0.15) is 5.75 Å². The van der Waals surface area contributed by atoms with Crippen LogP contribution in [-0.2, 0) is 0 Å². The summed E-state index contributed by atoms with van der Waals surface area (Å²) in [6.07, 6.45) is 3.02. The molecule has 2 aromatic carbocycles. The fourth-order valence-electron chi connectivity index (χ4n) is 4.26. The second-order valence-electron chi connectivity index (χ2n) is 8.00. The van der Waals surface area contributed by atoms with Gasteiger partial charge in [-0.2, -0.15) is 0 Å². The molecule has 0 aliphatic carbocycles. The quantitative estimate of drug-likeness (QED) is 0.560. The summed E-state index contributed by atoms with van der Waals surface area (Å²) < 4.78 is 5.71. The highest BCUT2D eigenvalue weighted by Gasteiger charge is 2.36. The number of hydrogen-bond acceptors (Lipinski definition) is 3. The van der Waals surface area contributed by atoms with Crippen LogP contribution in [0.3, 0.4) is 0 Å². The minimum Gasteiger partial charge on any atom is -0.496 e. The molecule has 3 rings (SSSR count). The molecule has 1 heterocycles. The number of hydrogen-bond donors (Lipinski definition) is 0. The highest BCUT2D eigenvalue weighted by atomic mass is 35.5. The van der Waals surface area contributed by atoms with Crippen LogP contribution in [0.2, 0.25) is 5.02 Å². The fraction of sp³-hybridized carbons (Fsp3) is 0.435. The van der Waals surface area contributed by atoms with E-state index in [1.807, 2.05) is 31.3 Å². The van der Waals surface area contributed by atoms with Gasteiger partial charge in [-0.3, -0.25) is 4.99 Å². The van der Waals surface area contributed by atoms with Crippen molar-refractivity contribution in [3.05, 3.63) is 52.0 Å². The largest absolute Gasteiger partial charge is 0.496 e. The van der Waals surface area contributed by atoms with E-state index in [2.05, 4.69) is 49.7 Å². The predicted octanol–water partition coefficient (Wildman–Crippen LogP) is 6.52. The third kappa shape index (κ3) is 3.84. The lowest BCUT2D eigenvalue weighted by Gasteiger charge is -2.47. The number of methoxy groups -OCH3 is 1. The van der Waals surface area contributed by atoms with Crippen molar-refractivity contribution in [2.45, 2.75) is 52.5 Å². The first-order valence-corrected chi connectivity index (χ1v) is 9.94. The Morgan fingerprint density at radius 3 is 2.70 bits per heavy atom. The number of benzene rings is 2. The molecule has 0 saturated carbocycles. The van der Waals surface area contributed by atoms with Crippen molar-refractivity contribution < 1.29 is 4.74 Å². The molecule has 0 fully saturated rings. The Labute approximate surface area is 168 Å². The Kier molecular flexibility index (Phi) is 5.53. The zero-order valence-corrected chi connectivity index (χ0v) is 17.9. The molecule has 1 unspecified atom stereocenters. The minimum absolute atomic E-state index is 0.139. The van der Waals surface area contributed by atoms with Crippen LogP contribution in [0.15, 0.2) is 35.3 Å². The molecule has 0 saturated heterocycles. The topological polar surface area (TPSA) is 24.8 Å². The van der Waals surface area contributed by atoms with E-state index in [0.29, 0.717) is 10.9 Å². The van der Waals surface area contributed by atoms with Crippen LogP contribution in [0.1, 0.15) is 56.7 Å². The summed E-state index contributed by atoms with van der Waals surface area (Å²) in [5.74, 6) is 1.34. The Morgan fingerprint density at radius 1 is 1.30 bits per heavy atom. The molecule has 27 heavy (non-hydrogen) atoms. The predicted molar refractivity (Wildman–Crippen MR) is 117 cm³/mol. The number of rotatable bonds is 4. The van der Waals surface area contributed by atoms with Crippen LogP contribution >= 0.6 is 11.6 Å². The molecule has 0 N–H and O–H groups in total. The Balaban J connectivity index is 2.07. The van der Waals surface area contributed by atoms with E-state index >= 15 is 0 Å². The Bertz CT molecular complexity index is 873. The Morgan fingerprint density at radius 2 is 2.04 bits per heavy atom. The van der Waals surface area contributed by atoms with Gasteiger partial charge in [-0.05, 0) is 69.4 Å². The van der Waals surface area contributed by atoms with Gasteiger partial charge in [-0.1, -0.05) is 24.6 Å². The number of aryl methyl sites for hydroxylation is 1. The molecule has 1 aliphatic rings. The van der Waals surface area contributed by atoms with Crippen molar-refractivity contribution >= 4 is 29.2 Å². The Hall–Kier alpha value is -2.00. The van der Waals surface area contributed by atoms with E-state index in [1.165, 1.54) is 11.3 Å². The van der Waals surface area contributed by atoms with Gasteiger partial charge in [-0.15, -0.1) is 0 Å². The second-order valence-corrected chi connectivity index (χ2v) is 8.44. The van der Waals surface area contributed by atoms with Crippen molar-refractivity contribution in [2.24, 2.45) is 4.99 Å². The number of aliphatic imine (C=N–C) groups is 1. The van der Waals surface area contributed by atoms with Gasteiger partial charge >= 0.3 is 0 Å². The van der Waals surface area contributed by atoms with Gasteiger partial charge in [0.05, 0.1) is 12.8 Å². The third-order valence-electron chi connectivity index (χ3n) is 5.57. The molecule has 0 amide bonds. The summed E-state index contributed by atoms with van der Waals surface area (Å²) in [7, 11) is 1.72. The monoisotopic (exact) mass is 384 g/mol. The lowest BCUT2D eigenvalue weighted by Crippen LogP contribution is -2.48. The molecule has 144 valence electrons. The lowest BCUT2D eigenvalue weighted by molar-refractivity contribution is 0.377.